The number of sulfonamides is 1. The van der Waals surface area contributed by atoms with Gasteiger partial charge in [-0.25, -0.2) is 13.2 Å². The number of carbonyl (C=O) groups is 1. The molecule has 0 spiro atoms. The van der Waals surface area contributed by atoms with E-state index in [0.717, 1.165) is 33.9 Å². The van der Waals surface area contributed by atoms with Crippen LogP contribution in [0.1, 0.15) is 19.4 Å². The van der Waals surface area contributed by atoms with Gasteiger partial charge >= 0.3 is 12.1 Å². The van der Waals surface area contributed by atoms with E-state index in [-0.39, 0.29) is 32.3 Å². The summed E-state index contributed by atoms with van der Waals surface area (Å²) in [5.74, 6) is -1.52. The number of benzene rings is 1. The highest BCUT2D eigenvalue weighted by atomic mass is 35.5. The Morgan fingerprint density at radius 3 is 2.45 bits per heavy atom. The van der Waals surface area contributed by atoms with Crippen molar-refractivity contribution in [2.45, 2.75) is 30.3 Å². The van der Waals surface area contributed by atoms with Gasteiger partial charge in [0.15, 0.2) is 4.21 Å². The molecule has 0 unspecified atom stereocenters. The Kier molecular flexibility index (Phi) is 8.86. The number of rotatable bonds is 9. The van der Waals surface area contributed by atoms with Crippen LogP contribution in [0.25, 0.3) is 0 Å². The van der Waals surface area contributed by atoms with Gasteiger partial charge in [0.05, 0.1) is 21.3 Å². The Morgan fingerprint density at radius 2 is 1.94 bits per heavy atom. The van der Waals surface area contributed by atoms with Crippen LogP contribution in [-0.4, -0.2) is 32.1 Å². The summed E-state index contributed by atoms with van der Waals surface area (Å²) in [5.41, 5.74) is -1.16. The van der Waals surface area contributed by atoms with Gasteiger partial charge in [-0.3, -0.25) is 4.31 Å². The minimum absolute atomic E-state index is 0.0346. The lowest BCUT2D eigenvalue weighted by molar-refractivity contribution is -0.137. The minimum atomic E-state index is -4.69. The molecular formula is C20H18Cl2F3NO5S2. The predicted molar refractivity (Wildman–Crippen MR) is 122 cm³/mol. The van der Waals surface area contributed by atoms with Crippen LogP contribution in [0, 0.1) is 0 Å². The fourth-order valence-electron chi connectivity index (χ4n) is 2.65. The molecule has 0 fully saturated rings. The maximum absolute atomic E-state index is 13.4. The van der Waals surface area contributed by atoms with Gasteiger partial charge in [0.1, 0.15) is 12.4 Å². The molecule has 0 bridgehead atoms. The number of allylic oxidation sites excluding steroid dienone is 2. The molecule has 1 heterocycles. The van der Waals surface area contributed by atoms with Gasteiger partial charge in [0.2, 0.25) is 0 Å². The second-order valence-electron chi connectivity index (χ2n) is 6.70. The average molecular weight is 544 g/mol. The third-order valence-corrected chi connectivity index (χ3v) is 8.61. The molecule has 0 saturated heterocycles. The topological polar surface area (TPSA) is 83.9 Å². The first-order chi connectivity index (χ1) is 15.3. The van der Waals surface area contributed by atoms with E-state index < -0.39 is 33.8 Å². The molecule has 0 aliphatic heterocycles. The zero-order valence-electron chi connectivity index (χ0n) is 17.1. The molecule has 1 aromatic heterocycles. The lowest BCUT2D eigenvalue weighted by Crippen LogP contribution is -2.37. The van der Waals surface area contributed by atoms with Gasteiger partial charge in [-0.15, -0.1) is 11.3 Å². The number of carboxylic acids is 1. The van der Waals surface area contributed by atoms with E-state index in [9.17, 15) is 26.4 Å². The van der Waals surface area contributed by atoms with Crippen LogP contribution in [0.3, 0.4) is 0 Å². The van der Waals surface area contributed by atoms with Crippen LogP contribution in [0.15, 0.2) is 52.1 Å². The summed E-state index contributed by atoms with van der Waals surface area (Å²) < 4.78 is 72.7. The Hall–Kier alpha value is -2.21. The molecule has 0 aliphatic carbocycles. The van der Waals surface area contributed by atoms with Gasteiger partial charge in [0.25, 0.3) is 10.0 Å². The van der Waals surface area contributed by atoms with Crippen LogP contribution in [-0.2, 0) is 21.0 Å². The Labute approximate surface area is 202 Å². The van der Waals surface area contributed by atoms with Crippen molar-refractivity contribution in [3.05, 3.63) is 63.5 Å². The van der Waals surface area contributed by atoms with Crippen LogP contribution < -0.4 is 9.04 Å². The van der Waals surface area contributed by atoms with Gasteiger partial charge in [-0.2, -0.15) is 13.2 Å². The van der Waals surface area contributed by atoms with Crippen molar-refractivity contribution >= 4 is 56.2 Å². The van der Waals surface area contributed by atoms with Crippen molar-refractivity contribution < 1.29 is 36.2 Å². The second-order valence-corrected chi connectivity index (χ2v) is 10.4. The first kappa shape index (κ1) is 27.0. The van der Waals surface area contributed by atoms with E-state index in [1.807, 2.05) is 0 Å². The Balaban J connectivity index is 2.54. The number of thiophene rings is 1. The molecule has 1 N–H and O–H groups in total. The van der Waals surface area contributed by atoms with Gasteiger partial charge in [0, 0.05) is 17.5 Å². The quantitative estimate of drug-likeness (QED) is 0.298. The Bertz CT molecular complexity index is 1170. The average Bonchev–Trinajstić information content (AvgIpc) is 3.03. The molecule has 1 aromatic carbocycles. The Morgan fingerprint density at radius 1 is 1.27 bits per heavy atom. The first-order valence-corrected chi connectivity index (χ1v) is 12.2. The summed E-state index contributed by atoms with van der Waals surface area (Å²) in [6, 6.07) is 1.73. The number of hydrogen-bond donors (Lipinski definition) is 1. The number of anilines is 1. The highest BCUT2D eigenvalue weighted by Gasteiger charge is 2.36. The molecule has 0 saturated carbocycles. The molecule has 2 aromatic rings. The molecule has 2 rings (SSSR count). The van der Waals surface area contributed by atoms with Crippen LogP contribution in [0.2, 0.25) is 10.0 Å². The van der Waals surface area contributed by atoms with Gasteiger partial charge in [-0.05, 0) is 38.1 Å². The monoisotopic (exact) mass is 543 g/mol. The molecule has 180 valence electrons. The lowest BCUT2D eigenvalue weighted by atomic mass is 10.1. The van der Waals surface area contributed by atoms with Crippen molar-refractivity contribution in [2.75, 3.05) is 10.9 Å². The number of alkyl halides is 3. The molecule has 0 radical (unpaired) electrons. The highest BCUT2D eigenvalue weighted by Crippen LogP contribution is 2.43. The number of halogens is 5. The van der Waals surface area contributed by atoms with Crippen molar-refractivity contribution in [3.8, 4) is 5.75 Å². The van der Waals surface area contributed by atoms with Crippen molar-refractivity contribution in [1.82, 2.24) is 0 Å². The summed E-state index contributed by atoms with van der Waals surface area (Å²) in [7, 11) is -4.30. The van der Waals surface area contributed by atoms with Gasteiger partial charge < -0.3 is 9.84 Å². The fraction of sp³-hybridized carbons (Fsp3) is 0.250. The van der Waals surface area contributed by atoms with Crippen molar-refractivity contribution in [3.63, 3.8) is 0 Å². The molecule has 0 atom stereocenters. The van der Waals surface area contributed by atoms with E-state index >= 15 is 0 Å². The van der Waals surface area contributed by atoms with Crippen molar-refractivity contribution in [2.24, 2.45) is 0 Å². The minimum Gasteiger partial charge on any atom is -0.487 e. The van der Waals surface area contributed by atoms with E-state index in [2.05, 4.69) is 0 Å². The van der Waals surface area contributed by atoms with Crippen LogP contribution in [0.4, 0.5) is 18.9 Å². The molecule has 6 nitrogen and oxygen atoms in total. The lowest BCUT2D eigenvalue weighted by Gasteiger charge is -2.29. The summed E-state index contributed by atoms with van der Waals surface area (Å²) >= 11 is 12.7. The molecule has 33 heavy (non-hydrogen) atoms. The SMILES string of the molecule is CC(C)N(c1ccc(C(F)(F)F)cc1OCC=CC=CC(=O)O)S(=O)(=O)c1scc(Cl)c1Cl. The number of aliphatic carboxylic acids is 1. The van der Waals surface area contributed by atoms with Crippen LogP contribution in [0.5, 0.6) is 5.75 Å². The fourth-order valence-corrected chi connectivity index (χ4v) is 6.43. The number of ether oxygens (including phenoxy) is 1. The smallest absolute Gasteiger partial charge is 0.416 e. The molecule has 0 aliphatic rings. The number of hydrogen-bond acceptors (Lipinski definition) is 5. The number of nitrogens with zero attached hydrogens (tertiary/aromatic N) is 1. The maximum atomic E-state index is 13.4. The highest BCUT2D eigenvalue weighted by molar-refractivity contribution is 7.95. The van der Waals surface area contributed by atoms with E-state index in [1.54, 1.807) is 13.8 Å². The standard InChI is InChI=1S/C20H18Cl2F3NO5S2/c1-12(2)26(33(29,30)19-18(22)14(21)11-32-19)15-8-7-13(20(23,24)25)10-16(15)31-9-5-3-4-6-17(27)28/h3-8,10-12H,9H2,1-2H3,(H,27,28). The summed E-state index contributed by atoms with van der Waals surface area (Å²) in [5, 5.41) is 9.75. The molecular weight excluding hydrogens is 526 g/mol. The predicted octanol–water partition coefficient (Wildman–Crippen LogP) is 6.25. The van der Waals surface area contributed by atoms with Crippen LogP contribution >= 0.6 is 34.5 Å². The number of carboxylic acid groups (broad SMARTS) is 1. The third kappa shape index (κ3) is 6.66. The first-order valence-electron chi connectivity index (χ1n) is 9.14. The summed E-state index contributed by atoms with van der Waals surface area (Å²) in [6.45, 7) is 2.83. The summed E-state index contributed by atoms with van der Waals surface area (Å²) in [6.07, 6.45) is 0.0452. The molecule has 13 heteroatoms. The van der Waals surface area contributed by atoms with Gasteiger partial charge in [-0.1, -0.05) is 35.4 Å². The van der Waals surface area contributed by atoms with Crippen molar-refractivity contribution in [1.29, 1.82) is 0 Å². The maximum Gasteiger partial charge on any atom is 0.416 e. The zero-order valence-corrected chi connectivity index (χ0v) is 20.3. The van der Waals surface area contributed by atoms with E-state index in [0.29, 0.717) is 6.07 Å². The normalized spacial score (nSPS) is 12.7. The second kappa shape index (κ2) is 10.8. The molecule has 0 amide bonds. The zero-order chi connectivity index (χ0) is 25.0. The largest absolute Gasteiger partial charge is 0.487 e. The third-order valence-electron chi connectivity index (χ3n) is 3.97. The van der Waals surface area contributed by atoms with E-state index in [1.165, 1.54) is 23.6 Å². The summed E-state index contributed by atoms with van der Waals surface area (Å²) in [4.78, 5) is 10.5. The van der Waals surface area contributed by atoms with E-state index in [4.69, 9.17) is 33.0 Å².